The summed E-state index contributed by atoms with van der Waals surface area (Å²) in [5, 5.41) is 12.8. The minimum absolute atomic E-state index is 0.128. The molecule has 1 heterocycles. The molecule has 3 rings (SSSR count). The van der Waals surface area contributed by atoms with Gasteiger partial charge in [0, 0.05) is 28.2 Å². The molecule has 0 spiro atoms. The van der Waals surface area contributed by atoms with Gasteiger partial charge in [-0.15, -0.1) is 10.2 Å². The molecule has 1 amide bonds. The highest BCUT2D eigenvalue weighted by Crippen LogP contribution is 2.40. The van der Waals surface area contributed by atoms with Crippen molar-refractivity contribution in [2.24, 2.45) is 0 Å². The van der Waals surface area contributed by atoms with Gasteiger partial charge in [-0.05, 0) is 44.9 Å². The SMILES string of the molecule is CCn1c(S[C@H](C)C(=O)Nc2cc(Cl)cc(Cl)c2)nnc1C1CC1. The average molecular weight is 385 g/mol. The number of hydrogen-bond donors (Lipinski definition) is 1. The van der Waals surface area contributed by atoms with E-state index in [9.17, 15) is 4.79 Å². The molecular weight excluding hydrogens is 367 g/mol. The van der Waals surface area contributed by atoms with Crippen molar-refractivity contribution < 1.29 is 4.79 Å². The van der Waals surface area contributed by atoms with Gasteiger partial charge in [0.25, 0.3) is 0 Å². The highest BCUT2D eigenvalue weighted by molar-refractivity contribution is 8.00. The van der Waals surface area contributed by atoms with Crippen molar-refractivity contribution in [1.82, 2.24) is 14.8 Å². The third-order valence-corrected chi connectivity index (χ3v) is 5.30. The second kappa shape index (κ2) is 7.33. The summed E-state index contributed by atoms with van der Waals surface area (Å²) < 4.78 is 2.10. The topological polar surface area (TPSA) is 59.8 Å². The van der Waals surface area contributed by atoms with E-state index in [2.05, 4.69) is 27.0 Å². The summed E-state index contributed by atoms with van der Waals surface area (Å²) >= 11 is 13.3. The third kappa shape index (κ3) is 4.05. The number of benzene rings is 1. The Morgan fingerprint density at radius 1 is 1.33 bits per heavy atom. The van der Waals surface area contributed by atoms with Crippen LogP contribution in [-0.2, 0) is 11.3 Å². The Morgan fingerprint density at radius 2 is 2.00 bits per heavy atom. The van der Waals surface area contributed by atoms with Gasteiger partial charge in [0.15, 0.2) is 5.16 Å². The Kier molecular flexibility index (Phi) is 5.37. The molecule has 5 nitrogen and oxygen atoms in total. The normalized spacial score (nSPS) is 15.3. The molecular formula is C16H18Cl2N4OS. The van der Waals surface area contributed by atoms with Crippen LogP contribution < -0.4 is 5.32 Å². The summed E-state index contributed by atoms with van der Waals surface area (Å²) in [4.78, 5) is 12.4. The van der Waals surface area contributed by atoms with Crippen LogP contribution >= 0.6 is 35.0 Å². The smallest absolute Gasteiger partial charge is 0.237 e. The number of rotatable bonds is 6. The Labute approximate surface area is 155 Å². The van der Waals surface area contributed by atoms with Crippen molar-refractivity contribution in [3.8, 4) is 0 Å². The van der Waals surface area contributed by atoms with Gasteiger partial charge in [-0.3, -0.25) is 4.79 Å². The van der Waals surface area contributed by atoms with Crippen LogP contribution in [0.1, 0.15) is 38.4 Å². The van der Waals surface area contributed by atoms with Gasteiger partial charge in [0.1, 0.15) is 5.82 Å². The maximum atomic E-state index is 12.4. The zero-order valence-electron chi connectivity index (χ0n) is 13.4. The number of carbonyl (C=O) groups is 1. The molecule has 1 aliphatic carbocycles. The number of thioether (sulfide) groups is 1. The quantitative estimate of drug-likeness (QED) is 0.739. The molecule has 0 bridgehead atoms. The first kappa shape index (κ1) is 17.6. The zero-order valence-corrected chi connectivity index (χ0v) is 15.8. The molecule has 1 saturated carbocycles. The Morgan fingerprint density at radius 3 is 2.58 bits per heavy atom. The molecule has 0 radical (unpaired) electrons. The standard InChI is InChI=1S/C16H18Cl2N4OS/c1-3-22-14(10-4-5-10)20-21-16(22)24-9(2)15(23)19-13-7-11(17)6-12(18)8-13/h6-10H,3-5H2,1-2H3,(H,19,23)/t9-/m1/s1. The number of nitrogens with zero attached hydrogens (tertiary/aromatic N) is 3. The average Bonchev–Trinajstić information content (AvgIpc) is 3.27. The van der Waals surface area contributed by atoms with E-state index in [4.69, 9.17) is 23.2 Å². The van der Waals surface area contributed by atoms with E-state index in [1.807, 2.05) is 6.92 Å². The van der Waals surface area contributed by atoms with E-state index >= 15 is 0 Å². The molecule has 0 saturated heterocycles. The van der Waals surface area contributed by atoms with E-state index in [1.54, 1.807) is 18.2 Å². The first-order chi connectivity index (χ1) is 11.5. The Bertz CT molecular complexity index is 740. The van der Waals surface area contributed by atoms with Crippen molar-refractivity contribution in [3.63, 3.8) is 0 Å². The summed E-state index contributed by atoms with van der Waals surface area (Å²) in [6.07, 6.45) is 2.35. The first-order valence-corrected chi connectivity index (χ1v) is 9.48. The first-order valence-electron chi connectivity index (χ1n) is 7.84. The van der Waals surface area contributed by atoms with Crippen molar-refractivity contribution in [1.29, 1.82) is 0 Å². The summed E-state index contributed by atoms with van der Waals surface area (Å²) in [5.41, 5.74) is 0.584. The maximum absolute atomic E-state index is 12.4. The van der Waals surface area contributed by atoms with Gasteiger partial charge in [0.05, 0.1) is 5.25 Å². The molecule has 1 aromatic heterocycles. The van der Waals surface area contributed by atoms with Crippen molar-refractivity contribution in [3.05, 3.63) is 34.1 Å². The molecule has 128 valence electrons. The summed E-state index contributed by atoms with van der Waals surface area (Å²) in [7, 11) is 0. The fourth-order valence-corrected chi connectivity index (χ4v) is 3.86. The maximum Gasteiger partial charge on any atom is 0.237 e. The van der Waals surface area contributed by atoms with Crippen LogP contribution in [-0.4, -0.2) is 25.9 Å². The third-order valence-electron chi connectivity index (χ3n) is 3.79. The molecule has 1 N–H and O–H groups in total. The van der Waals surface area contributed by atoms with Gasteiger partial charge in [-0.25, -0.2) is 0 Å². The monoisotopic (exact) mass is 384 g/mol. The number of halogens is 2. The molecule has 1 fully saturated rings. The summed E-state index contributed by atoms with van der Waals surface area (Å²) in [6, 6.07) is 4.96. The number of aromatic nitrogens is 3. The number of nitrogens with one attached hydrogen (secondary N) is 1. The predicted octanol–water partition coefficient (Wildman–Crippen LogP) is 4.60. The molecule has 1 aromatic carbocycles. The largest absolute Gasteiger partial charge is 0.325 e. The zero-order chi connectivity index (χ0) is 17.3. The fourth-order valence-electron chi connectivity index (χ4n) is 2.41. The highest BCUT2D eigenvalue weighted by atomic mass is 35.5. The van der Waals surface area contributed by atoms with E-state index < -0.39 is 0 Å². The Hall–Kier alpha value is -1.24. The van der Waals surface area contributed by atoms with E-state index in [1.165, 1.54) is 24.6 Å². The van der Waals surface area contributed by atoms with Crippen LogP contribution in [0, 0.1) is 0 Å². The minimum Gasteiger partial charge on any atom is -0.325 e. The fraction of sp³-hybridized carbons (Fsp3) is 0.438. The second-order valence-electron chi connectivity index (χ2n) is 5.77. The molecule has 1 atom stereocenters. The molecule has 1 aliphatic rings. The van der Waals surface area contributed by atoms with Crippen LogP contribution in [0.2, 0.25) is 10.0 Å². The van der Waals surface area contributed by atoms with Gasteiger partial charge in [-0.2, -0.15) is 0 Å². The van der Waals surface area contributed by atoms with E-state index in [0.29, 0.717) is 21.7 Å². The molecule has 8 heteroatoms. The van der Waals surface area contributed by atoms with E-state index in [-0.39, 0.29) is 11.2 Å². The lowest BCUT2D eigenvalue weighted by atomic mass is 10.3. The van der Waals surface area contributed by atoms with Gasteiger partial charge in [-0.1, -0.05) is 35.0 Å². The van der Waals surface area contributed by atoms with Crippen LogP contribution in [0.15, 0.2) is 23.4 Å². The van der Waals surface area contributed by atoms with Crippen molar-refractivity contribution >= 4 is 46.6 Å². The molecule has 0 unspecified atom stereocenters. The van der Waals surface area contributed by atoms with Crippen LogP contribution in [0.5, 0.6) is 0 Å². The molecule has 24 heavy (non-hydrogen) atoms. The molecule has 0 aliphatic heterocycles. The number of carbonyl (C=O) groups excluding carboxylic acids is 1. The van der Waals surface area contributed by atoms with Crippen LogP contribution in [0.4, 0.5) is 5.69 Å². The predicted molar refractivity (Wildman–Crippen MR) is 98.1 cm³/mol. The number of amides is 1. The lowest BCUT2D eigenvalue weighted by Gasteiger charge is -2.13. The van der Waals surface area contributed by atoms with Gasteiger partial charge < -0.3 is 9.88 Å². The second-order valence-corrected chi connectivity index (χ2v) is 7.95. The number of anilines is 1. The van der Waals surface area contributed by atoms with Crippen LogP contribution in [0.25, 0.3) is 0 Å². The van der Waals surface area contributed by atoms with Crippen molar-refractivity contribution in [2.45, 2.75) is 49.6 Å². The lowest BCUT2D eigenvalue weighted by molar-refractivity contribution is -0.115. The summed E-state index contributed by atoms with van der Waals surface area (Å²) in [6.45, 7) is 4.72. The van der Waals surface area contributed by atoms with E-state index in [0.717, 1.165) is 17.5 Å². The van der Waals surface area contributed by atoms with Gasteiger partial charge >= 0.3 is 0 Å². The molecule has 2 aromatic rings. The minimum atomic E-state index is -0.315. The Balaban J connectivity index is 1.68. The van der Waals surface area contributed by atoms with Crippen LogP contribution in [0.3, 0.4) is 0 Å². The van der Waals surface area contributed by atoms with Gasteiger partial charge in [0.2, 0.25) is 5.91 Å². The summed E-state index contributed by atoms with van der Waals surface area (Å²) in [5.74, 6) is 1.44. The lowest BCUT2D eigenvalue weighted by Crippen LogP contribution is -2.23. The van der Waals surface area contributed by atoms with Crippen molar-refractivity contribution in [2.75, 3.05) is 5.32 Å². The number of hydrogen-bond acceptors (Lipinski definition) is 4. The highest BCUT2D eigenvalue weighted by Gasteiger charge is 2.30.